The van der Waals surface area contributed by atoms with Crippen LogP contribution in [-0.2, 0) is 5.41 Å². The zero-order valence-electron chi connectivity index (χ0n) is 39.5. The maximum Gasteiger partial charge on any atom is 0.0541 e. The molecule has 14 rings (SSSR count). The lowest BCUT2D eigenvalue weighted by Crippen LogP contribution is -2.15. The van der Waals surface area contributed by atoms with Crippen LogP contribution < -0.4 is 0 Å². The molecule has 0 atom stereocenters. The molecule has 0 saturated heterocycles. The Balaban J connectivity index is 0.956. The molecule has 11 aromatic carbocycles. The minimum atomic E-state index is -0.106. The summed E-state index contributed by atoms with van der Waals surface area (Å²) in [7, 11) is 0. The second kappa shape index (κ2) is 16.3. The predicted octanol–water partition coefficient (Wildman–Crippen LogP) is 19.5. The van der Waals surface area contributed by atoms with Gasteiger partial charge in [-0.15, -0.1) is 11.3 Å². The molecule has 0 aliphatic heterocycles. The van der Waals surface area contributed by atoms with Crippen LogP contribution in [0.3, 0.4) is 0 Å². The van der Waals surface area contributed by atoms with Gasteiger partial charge in [0.15, 0.2) is 0 Å². The van der Waals surface area contributed by atoms with Crippen molar-refractivity contribution in [1.82, 2.24) is 4.57 Å². The number of aromatic nitrogens is 1. The summed E-state index contributed by atoms with van der Waals surface area (Å²) in [5, 5.41) is 5.07. The van der Waals surface area contributed by atoms with Crippen LogP contribution in [0, 0.1) is 0 Å². The third kappa shape index (κ3) is 6.82. The first-order valence-corrected chi connectivity index (χ1v) is 25.5. The van der Waals surface area contributed by atoms with Crippen LogP contribution in [0.5, 0.6) is 0 Å². The molecule has 0 fully saturated rings. The van der Waals surface area contributed by atoms with Crippen molar-refractivity contribution in [2.45, 2.75) is 19.3 Å². The van der Waals surface area contributed by atoms with Crippen LogP contribution in [0.2, 0.25) is 0 Å². The van der Waals surface area contributed by atoms with Gasteiger partial charge in [0.05, 0.1) is 11.0 Å². The minimum Gasteiger partial charge on any atom is -0.309 e. The molecule has 0 unspecified atom stereocenters. The van der Waals surface area contributed by atoms with Gasteiger partial charge in [-0.05, 0) is 156 Å². The highest BCUT2D eigenvalue weighted by molar-refractivity contribution is 7.26. The van der Waals surface area contributed by atoms with Crippen molar-refractivity contribution in [3.63, 3.8) is 0 Å². The smallest absolute Gasteiger partial charge is 0.0541 e. The summed E-state index contributed by atoms with van der Waals surface area (Å²) in [4.78, 5) is 0. The highest BCUT2D eigenvalue weighted by Gasteiger charge is 2.35. The summed E-state index contributed by atoms with van der Waals surface area (Å²) < 4.78 is 5.12. The van der Waals surface area contributed by atoms with E-state index in [1.165, 1.54) is 137 Å². The second-order valence-electron chi connectivity index (χ2n) is 19.7. The molecule has 0 saturated carbocycles. The van der Waals surface area contributed by atoms with Crippen molar-refractivity contribution in [2.24, 2.45) is 0 Å². The van der Waals surface area contributed by atoms with Gasteiger partial charge in [-0.25, -0.2) is 0 Å². The molecule has 0 amide bonds. The largest absolute Gasteiger partial charge is 0.309 e. The Hall–Kier alpha value is -8.56. The van der Waals surface area contributed by atoms with E-state index < -0.39 is 0 Å². The number of thiophene rings is 1. The van der Waals surface area contributed by atoms with Crippen molar-refractivity contribution in [3.8, 4) is 83.6 Å². The molecule has 0 spiro atoms. The molecule has 2 heteroatoms. The Morgan fingerprint density at radius 3 is 1.41 bits per heavy atom. The Kier molecular flexibility index (Phi) is 9.49. The van der Waals surface area contributed by atoms with E-state index in [9.17, 15) is 0 Å². The number of hydrogen-bond donors (Lipinski definition) is 0. The number of nitrogens with zero attached hydrogens (tertiary/aromatic N) is 1. The lowest BCUT2D eigenvalue weighted by molar-refractivity contribution is 0.660. The van der Waals surface area contributed by atoms with E-state index in [4.69, 9.17) is 0 Å². The molecule has 2 aromatic heterocycles. The van der Waals surface area contributed by atoms with Crippen LogP contribution in [0.1, 0.15) is 25.0 Å². The van der Waals surface area contributed by atoms with E-state index in [0.29, 0.717) is 0 Å². The molecule has 0 N–H and O–H groups in total. The highest BCUT2D eigenvalue weighted by Crippen LogP contribution is 2.50. The molecular weight excluding hydrogens is 875 g/mol. The van der Waals surface area contributed by atoms with Gasteiger partial charge >= 0.3 is 0 Å². The Morgan fingerprint density at radius 2 is 0.761 bits per heavy atom. The van der Waals surface area contributed by atoms with Gasteiger partial charge in [0.1, 0.15) is 0 Å². The van der Waals surface area contributed by atoms with Gasteiger partial charge in [0, 0.05) is 42.0 Å². The zero-order valence-corrected chi connectivity index (χ0v) is 40.3. The third-order valence-electron chi connectivity index (χ3n) is 15.2. The predicted molar refractivity (Wildman–Crippen MR) is 304 cm³/mol. The average Bonchev–Trinajstić information content (AvgIpc) is 4.05. The van der Waals surface area contributed by atoms with Crippen molar-refractivity contribution in [3.05, 3.63) is 260 Å². The second-order valence-corrected chi connectivity index (χ2v) is 20.7. The quantitative estimate of drug-likeness (QED) is 0.150. The van der Waals surface area contributed by atoms with Crippen LogP contribution in [0.4, 0.5) is 0 Å². The van der Waals surface area contributed by atoms with Crippen molar-refractivity contribution < 1.29 is 0 Å². The normalized spacial score (nSPS) is 12.8. The molecule has 71 heavy (non-hydrogen) atoms. The standard InChI is InChI=1S/C69H47NS/c1-69(2)63-24-13-12-21-57(63)58-33-32-55(43-64(58)69)70-65-34-29-49(45-17-8-4-9-18-45)40-60(65)61-41-50(30-35-66(61)70)53-37-52(47-27-25-46(26-28-47)44-15-6-3-7-16-44)38-54(39-53)51-31-36-67-62(42-51)59-23-14-22-56(68(59)71-67)48-19-10-5-11-20-48/h3-43H,1-2H3. The van der Waals surface area contributed by atoms with Gasteiger partial charge in [0.2, 0.25) is 0 Å². The third-order valence-corrected chi connectivity index (χ3v) is 16.4. The fraction of sp³-hybridized carbons (Fsp3) is 0.0435. The maximum absolute atomic E-state index is 2.49. The van der Waals surface area contributed by atoms with Crippen LogP contribution >= 0.6 is 11.3 Å². The van der Waals surface area contributed by atoms with Crippen LogP contribution in [-0.4, -0.2) is 4.57 Å². The van der Waals surface area contributed by atoms with Gasteiger partial charge in [-0.1, -0.05) is 196 Å². The molecule has 334 valence electrons. The SMILES string of the molecule is CC1(C)c2ccccc2-c2ccc(-n3c4ccc(-c5ccccc5)cc4c4cc(-c5cc(-c6ccc(-c7ccccc7)cc6)cc(-c6ccc7sc8c(-c9ccccc9)cccc8c7c6)c5)ccc43)cc21. The summed E-state index contributed by atoms with van der Waals surface area (Å²) in [6, 6.07) is 92.5. The van der Waals surface area contributed by atoms with E-state index in [1.807, 2.05) is 11.3 Å². The minimum absolute atomic E-state index is 0.106. The fourth-order valence-corrected chi connectivity index (χ4v) is 12.8. The highest BCUT2D eigenvalue weighted by atomic mass is 32.1. The van der Waals surface area contributed by atoms with Crippen LogP contribution in [0.25, 0.3) is 126 Å². The van der Waals surface area contributed by atoms with Crippen molar-refractivity contribution >= 4 is 53.3 Å². The Labute approximate surface area is 418 Å². The van der Waals surface area contributed by atoms with E-state index in [1.54, 1.807) is 0 Å². The first-order chi connectivity index (χ1) is 34.9. The average molecular weight is 922 g/mol. The molecule has 2 heterocycles. The van der Waals surface area contributed by atoms with Gasteiger partial charge in [-0.2, -0.15) is 0 Å². The van der Waals surface area contributed by atoms with Gasteiger partial charge < -0.3 is 4.57 Å². The first-order valence-electron chi connectivity index (χ1n) is 24.6. The summed E-state index contributed by atoms with van der Waals surface area (Å²) in [5.41, 5.74) is 23.4. The van der Waals surface area contributed by atoms with Gasteiger partial charge in [0.25, 0.3) is 0 Å². The van der Waals surface area contributed by atoms with E-state index >= 15 is 0 Å². The van der Waals surface area contributed by atoms with Gasteiger partial charge in [-0.3, -0.25) is 0 Å². The number of benzene rings is 11. The zero-order chi connectivity index (χ0) is 47.2. The lowest BCUT2D eigenvalue weighted by atomic mass is 9.82. The van der Waals surface area contributed by atoms with E-state index in [2.05, 4.69) is 267 Å². The summed E-state index contributed by atoms with van der Waals surface area (Å²) in [5.74, 6) is 0. The number of rotatable bonds is 7. The van der Waals surface area contributed by atoms with E-state index in [-0.39, 0.29) is 5.41 Å². The summed E-state index contributed by atoms with van der Waals surface area (Å²) in [6.45, 7) is 4.74. The molecular formula is C69H47NS. The molecule has 13 aromatic rings. The topological polar surface area (TPSA) is 4.93 Å². The summed E-state index contributed by atoms with van der Waals surface area (Å²) in [6.07, 6.45) is 0. The van der Waals surface area contributed by atoms with E-state index in [0.717, 1.165) is 0 Å². The lowest BCUT2D eigenvalue weighted by Gasteiger charge is -2.22. The van der Waals surface area contributed by atoms with Crippen molar-refractivity contribution in [1.29, 1.82) is 0 Å². The summed E-state index contributed by atoms with van der Waals surface area (Å²) >= 11 is 1.89. The molecule has 1 nitrogen and oxygen atoms in total. The number of fused-ring (bicyclic) bond motifs is 9. The molecule has 1 aliphatic carbocycles. The fourth-order valence-electron chi connectivity index (χ4n) is 11.6. The van der Waals surface area contributed by atoms with Crippen LogP contribution in [0.15, 0.2) is 249 Å². The molecule has 0 radical (unpaired) electrons. The maximum atomic E-state index is 2.49. The molecule has 1 aliphatic rings. The molecule has 0 bridgehead atoms. The monoisotopic (exact) mass is 921 g/mol. The first kappa shape index (κ1) is 41.4. The Morgan fingerprint density at radius 1 is 0.296 bits per heavy atom. The number of hydrogen-bond acceptors (Lipinski definition) is 1. The van der Waals surface area contributed by atoms with Crippen molar-refractivity contribution in [2.75, 3.05) is 0 Å². The Bertz CT molecular complexity index is 4210.